The Hall–Kier alpha value is -5.76. The van der Waals surface area contributed by atoms with Crippen molar-refractivity contribution in [2.45, 2.75) is 6.42 Å². The largest absolute Gasteiger partial charge is 0.327 e. The number of anilines is 2. The molecule has 3 aromatic heterocycles. The molecule has 0 radical (unpaired) electrons. The number of rotatable bonds is 0. The van der Waals surface area contributed by atoms with Gasteiger partial charge in [-0.1, -0.05) is 104 Å². The summed E-state index contributed by atoms with van der Waals surface area (Å²) in [4.78, 5) is 30.5. The van der Waals surface area contributed by atoms with E-state index in [4.69, 9.17) is 20.0 Å². The van der Waals surface area contributed by atoms with Crippen LogP contribution in [0.1, 0.15) is 6.42 Å². The first kappa shape index (κ1) is 23.2. The van der Waals surface area contributed by atoms with Crippen LogP contribution in [0.25, 0.3) is 32.3 Å². The van der Waals surface area contributed by atoms with Gasteiger partial charge in [-0.15, -0.1) is 0 Å². The van der Waals surface area contributed by atoms with Gasteiger partial charge in [0, 0.05) is 44.3 Å². The molecule has 8 bridgehead atoms. The number of allylic oxidation sites excluding steroid dienone is 2. The van der Waals surface area contributed by atoms with E-state index >= 15 is 0 Å². The van der Waals surface area contributed by atoms with E-state index < -0.39 is 0 Å². The molecule has 0 saturated heterocycles. The van der Waals surface area contributed by atoms with Crippen LogP contribution in [0.15, 0.2) is 129 Å². The normalized spacial score (nSPS) is 16.5. The quantitative estimate of drug-likeness (QED) is 0.167. The smallest absolute Gasteiger partial charge is 0.163 e. The number of amidine groups is 2. The topological polar surface area (TPSA) is 109 Å². The van der Waals surface area contributed by atoms with Crippen LogP contribution >= 0.6 is 0 Å². The van der Waals surface area contributed by atoms with Crippen LogP contribution in [-0.2, 0) is 0 Å². The number of nitrogens with zero attached hydrogens (tertiary/aromatic N) is 4. The third-order valence-corrected chi connectivity index (χ3v) is 7.36. The number of benzene rings is 3. The van der Waals surface area contributed by atoms with Gasteiger partial charge in [0.15, 0.2) is 5.84 Å². The zero-order valence-corrected chi connectivity index (χ0v) is 21.9. The summed E-state index contributed by atoms with van der Waals surface area (Å²) in [5.74, 6) is 4.22. The first-order chi connectivity index (χ1) is 20.2. The Balaban J connectivity index is 1.50. The molecule has 8 nitrogen and oxygen atoms in total. The number of aliphatic imine (C=N–C) groups is 2. The van der Waals surface area contributed by atoms with E-state index in [0.717, 1.165) is 49.8 Å². The van der Waals surface area contributed by atoms with Gasteiger partial charge >= 0.3 is 0 Å². The fourth-order valence-corrected chi connectivity index (χ4v) is 5.39. The van der Waals surface area contributed by atoms with Crippen molar-refractivity contribution in [3.05, 3.63) is 120 Å². The molecule has 6 aromatic rings. The van der Waals surface area contributed by atoms with Gasteiger partial charge in [0.1, 0.15) is 40.1 Å². The molecule has 5 heterocycles. The van der Waals surface area contributed by atoms with Gasteiger partial charge in [-0.2, -0.15) is 0 Å². The molecule has 0 saturated carbocycles. The van der Waals surface area contributed by atoms with Crippen molar-refractivity contribution >= 4 is 67.3 Å². The summed E-state index contributed by atoms with van der Waals surface area (Å²) in [5, 5.41) is 9.55. The van der Waals surface area contributed by atoms with Crippen LogP contribution in [-0.4, -0.2) is 26.6 Å². The maximum Gasteiger partial charge on any atom is 0.163 e. The van der Waals surface area contributed by atoms with Crippen LogP contribution in [0.2, 0.25) is 0 Å². The Morgan fingerprint density at radius 2 is 1.12 bits per heavy atom. The summed E-state index contributed by atoms with van der Waals surface area (Å²) < 4.78 is 0. The molecule has 0 fully saturated rings. The highest BCUT2D eigenvalue weighted by atomic mass is 15.1. The van der Waals surface area contributed by atoms with Gasteiger partial charge < -0.3 is 20.3 Å². The SMILES string of the molecule is C=C1/C=C\C=C/CC2=Nc3[nH]c(c4ccccc34)Nc3[nH]c(c4ccccc34)N=c3[nH]c(c4ccccc34)=NC1=N2. The van der Waals surface area contributed by atoms with Crippen molar-refractivity contribution in [2.75, 3.05) is 5.32 Å². The Labute approximate surface area is 234 Å². The van der Waals surface area contributed by atoms with Gasteiger partial charge in [0.25, 0.3) is 0 Å². The zero-order valence-electron chi connectivity index (χ0n) is 21.9. The molecule has 8 heteroatoms. The minimum atomic E-state index is 0.483. The molecule has 0 unspecified atom stereocenters. The van der Waals surface area contributed by atoms with Gasteiger partial charge in [-0.3, -0.25) is 0 Å². The second-order valence-electron chi connectivity index (χ2n) is 9.98. The summed E-state index contributed by atoms with van der Waals surface area (Å²) in [6.07, 6.45) is 8.41. The van der Waals surface area contributed by atoms with E-state index in [0.29, 0.717) is 40.5 Å². The Morgan fingerprint density at radius 1 is 0.561 bits per heavy atom. The van der Waals surface area contributed by atoms with E-state index in [2.05, 4.69) is 51.1 Å². The van der Waals surface area contributed by atoms with Crippen molar-refractivity contribution in [3.8, 4) is 0 Å². The number of aromatic amines is 3. The van der Waals surface area contributed by atoms with E-state index in [1.54, 1.807) is 0 Å². The summed E-state index contributed by atoms with van der Waals surface area (Å²) >= 11 is 0. The lowest BCUT2D eigenvalue weighted by Gasteiger charge is -2.04. The summed E-state index contributed by atoms with van der Waals surface area (Å²) in [7, 11) is 0. The first-order valence-electron chi connectivity index (χ1n) is 13.4. The number of fused-ring (bicyclic) bond motifs is 16. The second-order valence-corrected chi connectivity index (χ2v) is 9.98. The van der Waals surface area contributed by atoms with Gasteiger partial charge in [0.2, 0.25) is 0 Å². The highest BCUT2D eigenvalue weighted by molar-refractivity contribution is 6.10. The standard InChI is InChI=1S/C33H24N8/c1-19-11-3-2-4-18-26-34-27(19)36-29-22-14-7-8-15-23(22)31(38-29)40-33-25-17-10-9-16-24(25)32(41-33)39-30-21-13-6-5-12-20(21)28(35-26)37-30/h2-17,37,39,41H,1,18H2,(H,34,35,36,38,40)/b4-2-,11-3-. The Kier molecular flexibility index (Phi) is 5.18. The van der Waals surface area contributed by atoms with E-state index in [-0.39, 0.29) is 0 Å². The van der Waals surface area contributed by atoms with Crippen LogP contribution in [0.4, 0.5) is 23.3 Å². The second kappa shape index (κ2) is 9.17. The van der Waals surface area contributed by atoms with Crippen molar-refractivity contribution < 1.29 is 0 Å². The maximum absolute atomic E-state index is 5.09. The molecule has 2 aliphatic rings. The minimum Gasteiger partial charge on any atom is -0.327 e. The third-order valence-electron chi connectivity index (χ3n) is 7.36. The summed E-state index contributed by atoms with van der Waals surface area (Å²) in [5.41, 5.74) is 2.05. The number of hydrogen-bond acceptors (Lipinski definition) is 5. The molecule has 0 aliphatic carbocycles. The molecular weight excluding hydrogens is 508 g/mol. The lowest BCUT2D eigenvalue weighted by molar-refractivity contribution is 1.12. The molecule has 8 rings (SSSR count). The van der Waals surface area contributed by atoms with Crippen molar-refractivity contribution in [3.63, 3.8) is 0 Å². The van der Waals surface area contributed by atoms with Crippen LogP contribution in [0.3, 0.4) is 0 Å². The van der Waals surface area contributed by atoms with Gasteiger partial charge in [0.05, 0.1) is 0 Å². The molecule has 2 aliphatic heterocycles. The number of H-pyrrole nitrogens is 3. The lowest BCUT2D eigenvalue weighted by atomic mass is 10.2. The van der Waals surface area contributed by atoms with Crippen molar-refractivity contribution in [2.24, 2.45) is 20.0 Å². The number of hydrogen-bond donors (Lipinski definition) is 4. The molecule has 0 spiro atoms. The van der Waals surface area contributed by atoms with Crippen molar-refractivity contribution in [1.29, 1.82) is 0 Å². The average Bonchev–Trinajstić information content (AvgIpc) is 3.65. The molecule has 0 atom stereocenters. The van der Waals surface area contributed by atoms with Crippen molar-refractivity contribution in [1.82, 2.24) is 15.0 Å². The third kappa shape index (κ3) is 3.92. The highest BCUT2D eigenvalue weighted by Gasteiger charge is 2.16. The molecule has 196 valence electrons. The molecule has 41 heavy (non-hydrogen) atoms. The first-order valence-corrected chi connectivity index (χ1v) is 13.4. The number of aromatic nitrogens is 3. The monoisotopic (exact) mass is 532 g/mol. The summed E-state index contributed by atoms with van der Waals surface area (Å²) in [6.45, 7) is 4.26. The Bertz CT molecular complexity index is 2280. The van der Waals surface area contributed by atoms with E-state index in [9.17, 15) is 0 Å². The van der Waals surface area contributed by atoms with Crippen LogP contribution < -0.4 is 16.3 Å². The maximum atomic E-state index is 5.09. The van der Waals surface area contributed by atoms with Gasteiger partial charge in [-0.05, 0) is 0 Å². The van der Waals surface area contributed by atoms with Crippen LogP contribution in [0, 0.1) is 0 Å². The predicted molar refractivity (Wildman–Crippen MR) is 167 cm³/mol. The highest BCUT2D eigenvalue weighted by Crippen LogP contribution is 2.38. The molecule has 4 N–H and O–H groups in total. The molecule has 3 aromatic carbocycles. The lowest BCUT2D eigenvalue weighted by Crippen LogP contribution is -2.14. The Morgan fingerprint density at radius 3 is 1.78 bits per heavy atom. The van der Waals surface area contributed by atoms with Gasteiger partial charge in [-0.25, -0.2) is 20.0 Å². The predicted octanol–water partition coefficient (Wildman–Crippen LogP) is 6.96. The van der Waals surface area contributed by atoms with E-state index in [1.165, 1.54) is 0 Å². The number of nitrogens with one attached hydrogen (secondary N) is 4. The van der Waals surface area contributed by atoms with Crippen LogP contribution in [0.5, 0.6) is 0 Å². The average molecular weight is 533 g/mol. The van der Waals surface area contributed by atoms with E-state index in [1.807, 2.05) is 72.8 Å². The fraction of sp³-hybridized carbons (Fsp3) is 0.0303. The fourth-order valence-electron chi connectivity index (χ4n) is 5.39. The minimum absolute atomic E-state index is 0.483. The summed E-state index contributed by atoms with van der Waals surface area (Å²) in [6, 6.07) is 24.5. The molecular formula is C33H24N8. The molecule has 0 amide bonds. The zero-order chi connectivity index (χ0) is 27.3.